The lowest BCUT2D eigenvalue weighted by molar-refractivity contribution is -0.387. The van der Waals surface area contributed by atoms with Crippen molar-refractivity contribution in [2.75, 3.05) is 11.8 Å². The first-order chi connectivity index (χ1) is 12.0. The zero-order chi connectivity index (χ0) is 19.7. The van der Waals surface area contributed by atoms with Crippen LogP contribution in [0.1, 0.15) is 11.1 Å². The number of halogens is 3. The normalized spacial score (nSPS) is 11.9. The van der Waals surface area contributed by atoms with Gasteiger partial charge in [-0.15, -0.1) is 0 Å². The summed E-state index contributed by atoms with van der Waals surface area (Å²) in [5.74, 6) is 0.0605. The van der Waals surface area contributed by atoms with E-state index in [2.05, 4.69) is 0 Å². The van der Waals surface area contributed by atoms with Gasteiger partial charge in [0, 0.05) is 5.69 Å². The van der Waals surface area contributed by atoms with E-state index in [0.717, 1.165) is 24.3 Å². The summed E-state index contributed by atoms with van der Waals surface area (Å²) in [4.78, 5) is 9.51. The Morgan fingerprint density at radius 2 is 1.81 bits per heavy atom. The molecule has 0 aliphatic rings. The molecule has 0 saturated heterocycles. The largest absolute Gasteiger partial charge is 0.497 e. The van der Waals surface area contributed by atoms with Crippen molar-refractivity contribution in [1.82, 2.24) is 0 Å². The second-order valence-electron chi connectivity index (χ2n) is 5.22. The van der Waals surface area contributed by atoms with Crippen molar-refractivity contribution < 1.29 is 31.2 Å². The van der Waals surface area contributed by atoms with Gasteiger partial charge in [-0.1, -0.05) is 6.07 Å². The van der Waals surface area contributed by atoms with Crippen LogP contribution in [0, 0.1) is 17.0 Å². The number of aryl methyl sites for hydroxylation is 1. The molecule has 2 rings (SSSR count). The number of nitro benzene ring substituents is 1. The molecule has 0 amide bonds. The quantitative estimate of drug-likeness (QED) is 0.620. The molecule has 0 bridgehead atoms. The molecule has 0 unspecified atom stereocenters. The highest BCUT2D eigenvalue weighted by atomic mass is 32.2. The maximum atomic E-state index is 13.0. The summed E-state index contributed by atoms with van der Waals surface area (Å²) in [5, 5.41) is 11.1. The minimum absolute atomic E-state index is 0.0605. The number of nitro groups is 1. The lowest BCUT2D eigenvalue weighted by atomic mass is 10.1. The Bertz CT molecular complexity index is 958. The SMILES string of the molecule is COc1ccc(S(=O)(=O)Nc2ccc(C)c(C(F)(F)F)c2)c([N+](=O)[O-])c1. The van der Waals surface area contributed by atoms with Crippen LogP contribution in [-0.2, 0) is 16.2 Å². The van der Waals surface area contributed by atoms with E-state index < -0.39 is 37.3 Å². The molecule has 0 aliphatic carbocycles. The summed E-state index contributed by atoms with van der Waals surface area (Å²) in [6.07, 6.45) is -4.67. The fourth-order valence-corrected chi connectivity index (χ4v) is 3.40. The fourth-order valence-electron chi connectivity index (χ4n) is 2.20. The summed E-state index contributed by atoms with van der Waals surface area (Å²) in [5.41, 5.74) is -2.23. The van der Waals surface area contributed by atoms with Crippen LogP contribution in [0.5, 0.6) is 5.75 Å². The van der Waals surface area contributed by atoms with Crippen LogP contribution in [0.25, 0.3) is 0 Å². The molecule has 0 fully saturated rings. The van der Waals surface area contributed by atoms with Gasteiger partial charge in [-0.3, -0.25) is 14.8 Å². The average molecular weight is 390 g/mol. The van der Waals surface area contributed by atoms with E-state index in [1.807, 2.05) is 4.72 Å². The van der Waals surface area contributed by atoms with E-state index in [-0.39, 0.29) is 17.0 Å². The van der Waals surface area contributed by atoms with Crippen LogP contribution in [0.3, 0.4) is 0 Å². The molecule has 0 heterocycles. The maximum Gasteiger partial charge on any atom is 0.416 e. The van der Waals surface area contributed by atoms with Crippen molar-refractivity contribution in [3.63, 3.8) is 0 Å². The summed E-state index contributed by atoms with van der Waals surface area (Å²) in [7, 11) is -3.26. The molecule has 0 spiro atoms. The van der Waals surface area contributed by atoms with E-state index >= 15 is 0 Å². The predicted octanol–water partition coefficient (Wildman–Crippen LogP) is 3.73. The van der Waals surface area contributed by atoms with Gasteiger partial charge in [0.1, 0.15) is 5.75 Å². The van der Waals surface area contributed by atoms with Gasteiger partial charge in [0.15, 0.2) is 4.90 Å². The van der Waals surface area contributed by atoms with E-state index in [4.69, 9.17) is 4.74 Å². The standard InChI is InChI=1S/C15H13F3N2O5S/c1-9-3-4-10(7-12(9)15(16,17)18)19-26(23,24)14-6-5-11(25-2)8-13(14)20(21)22/h3-8,19H,1-2H3. The Labute approximate surface area is 146 Å². The lowest BCUT2D eigenvalue weighted by Gasteiger charge is -2.14. The van der Waals surface area contributed by atoms with Crippen molar-refractivity contribution in [1.29, 1.82) is 0 Å². The van der Waals surface area contributed by atoms with Crippen molar-refractivity contribution >= 4 is 21.4 Å². The fraction of sp³-hybridized carbons (Fsp3) is 0.200. The highest BCUT2D eigenvalue weighted by molar-refractivity contribution is 7.92. The summed E-state index contributed by atoms with van der Waals surface area (Å²) in [6.45, 7) is 1.23. The number of anilines is 1. The average Bonchev–Trinajstić information content (AvgIpc) is 2.54. The minimum atomic E-state index is -4.67. The van der Waals surface area contributed by atoms with E-state index in [1.54, 1.807) is 0 Å². The van der Waals surface area contributed by atoms with Gasteiger partial charge in [-0.05, 0) is 36.8 Å². The van der Waals surface area contributed by atoms with E-state index in [9.17, 15) is 31.7 Å². The van der Waals surface area contributed by atoms with Crippen molar-refractivity contribution in [3.8, 4) is 5.75 Å². The molecule has 0 radical (unpaired) electrons. The molecule has 26 heavy (non-hydrogen) atoms. The molecule has 2 aromatic rings. The number of ether oxygens (including phenoxy) is 1. The van der Waals surface area contributed by atoms with Crippen molar-refractivity contribution in [2.45, 2.75) is 18.0 Å². The Morgan fingerprint density at radius 3 is 2.35 bits per heavy atom. The molecule has 0 aromatic heterocycles. The molecule has 0 saturated carbocycles. The number of benzene rings is 2. The van der Waals surface area contributed by atoms with Gasteiger partial charge in [0.25, 0.3) is 15.7 Å². The lowest BCUT2D eigenvalue weighted by Crippen LogP contribution is -2.16. The van der Waals surface area contributed by atoms with Crippen LogP contribution in [0.4, 0.5) is 24.5 Å². The topological polar surface area (TPSA) is 98.5 Å². The molecular formula is C15H13F3N2O5S. The Morgan fingerprint density at radius 1 is 1.15 bits per heavy atom. The zero-order valence-electron chi connectivity index (χ0n) is 13.5. The minimum Gasteiger partial charge on any atom is -0.497 e. The number of nitrogens with one attached hydrogen (secondary N) is 1. The first kappa shape index (κ1) is 19.5. The van der Waals surface area contributed by atoms with Crippen LogP contribution in [0.15, 0.2) is 41.3 Å². The molecule has 2 aromatic carbocycles. The number of hydrogen-bond donors (Lipinski definition) is 1. The smallest absolute Gasteiger partial charge is 0.416 e. The van der Waals surface area contributed by atoms with E-state index in [0.29, 0.717) is 6.07 Å². The highest BCUT2D eigenvalue weighted by Crippen LogP contribution is 2.35. The zero-order valence-corrected chi connectivity index (χ0v) is 14.3. The summed E-state index contributed by atoms with van der Waals surface area (Å²) < 4.78 is 70.5. The van der Waals surface area contributed by atoms with Gasteiger partial charge in [0.05, 0.1) is 23.7 Å². The van der Waals surface area contributed by atoms with Gasteiger partial charge >= 0.3 is 6.18 Å². The first-order valence-electron chi connectivity index (χ1n) is 6.99. The third-order valence-electron chi connectivity index (χ3n) is 3.45. The molecule has 1 N–H and O–H groups in total. The van der Waals surface area contributed by atoms with Gasteiger partial charge in [0.2, 0.25) is 0 Å². The van der Waals surface area contributed by atoms with Gasteiger partial charge < -0.3 is 4.74 Å². The summed E-state index contributed by atoms with van der Waals surface area (Å²) in [6, 6.07) is 5.91. The third-order valence-corrected chi connectivity index (χ3v) is 4.88. The van der Waals surface area contributed by atoms with Crippen LogP contribution < -0.4 is 9.46 Å². The summed E-state index contributed by atoms with van der Waals surface area (Å²) >= 11 is 0. The van der Waals surface area contributed by atoms with Crippen LogP contribution >= 0.6 is 0 Å². The maximum absolute atomic E-state index is 13.0. The molecular weight excluding hydrogens is 377 g/mol. The Hall–Kier alpha value is -2.82. The molecule has 0 aliphatic heterocycles. The monoisotopic (exact) mass is 390 g/mol. The number of methoxy groups -OCH3 is 1. The number of sulfonamides is 1. The number of alkyl halides is 3. The van der Waals surface area contributed by atoms with Crippen LogP contribution in [0.2, 0.25) is 0 Å². The van der Waals surface area contributed by atoms with Crippen molar-refractivity contribution in [3.05, 3.63) is 57.6 Å². The molecule has 140 valence electrons. The molecule has 0 atom stereocenters. The van der Waals surface area contributed by atoms with E-state index in [1.165, 1.54) is 20.1 Å². The number of rotatable bonds is 5. The highest BCUT2D eigenvalue weighted by Gasteiger charge is 2.33. The predicted molar refractivity (Wildman–Crippen MR) is 86.6 cm³/mol. The number of hydrogen-bond acceptors (Lipinski definition) is 5. The molecule has 11 heteroatoms. The van der Waals surface area contributed by atoms with Gasteiger partial charge in [-0.2, -0.15) is 13.2 Å². The molecule has 7 nitrogen and oxygen atoms in total. The second kappa shape index (κ2) is 6.83. The third kappa shape index (κ3) is 4.04. The Kier molecular flexibility index (Phi) is 5.12. The van der Waals surface area contributed by atoms with Crippen LogP contribution in [-0.4, -0.2) is 20.5 Å². The van der Waals surface area contributed by atoms with Crippen molar-refractivity contribution in [2.24, 2.45) is 0 Å². The van der Waals surface area contributed by atoms with Gasteiger partial charge in [-0.25, -0.2) is 8.42 Å². The number of nitrogens with zero attached hydrogens (tertiary/aromatic N) is 1. The Balaban J connectivity index is 2.49. The first-order valence-corrected chi connectivity index (χ1v) is 8.47. The second-order valence-corrected chi connectivity index (χ2v) is 6.87.